The van der Waals surface area contributed by atoms with Crippen molar-refractivity contribution in [2.24, 2.45) is 7.05 Å². The summed E-state index contributed by atoms with van der Waals surface area (Å²) in [6.45, 7) is 7.88. The maximum absolute atomic E-state index is 13.2. The molecule has 1 aromatic carbocycles. The molecule has 2 heterocycles. The van der Waals surface area contributed by atoms with Crippen LogP contribution in [0, 0.1) is 13.8 Å². The summed E-state index contributed by atoms with van der Waals surface area (Å²) in [5, 5.41) is 0. The summed E-state index contributed by atoms with van der Waals surface area (Å²) in [7, 11) is -2.14. The Balaban J connectivity index is 1.87. The van der Waals surface area contributed by atoms with E-state index in [9.17, 15) is 13.2 Å². The minimum Gasteiger partial charge on any atom is -0.494 e. The van der Waals surface area contributed by atoms with Crippen molar-refractivity contribution in [2.45, 2.75) is 32.2 Å². The zero-order valence-corrected chi connectivity index (χ0v) is 18.7. The molecule has 0 unspecified atom stereocenters. The number of ether oxygens (including phenoxy) is 2. The fourth-order valence-corrected chi connectivity index (χ4v) is 5.07. The van der Waals surface area contributed by atoms with Crippen molar-refractivity contribution in [3.8, 4) is 5.75 Å². The molecule has 1 fully saturated rings. The van der Waals surface area contributed by atoms with E-state index in [1.54, 1.807) is 42.5 Å². The first kappa shape index (κ1) is 22.3. The van der Waals surface area contributed by atoms with Crippen LogP contribution in [-0.2, 0) is 28.4 Å². The molecule has 8 nitrogen and oxygen atoms in total. The number of sulfonamides is 1. The van der Waals surface area contributed by atoms with Gasteiger partial charge in [0.1, 0.15) is 10.6 Å². The highest BCUT2D eigenvalue weighted by Gasteiger charge is 2.33. The summed E-state index contributed by atoms with van der Waals surface area (Å²) < 4.78 is 41.6. The van der Waals surface area contributed by atoms with Crippen LogP contribution in [0.5, 0.6) is 5.75 Å². The van der Waals surface area contributed by atoms with E-state index in [2.05, 4.69) is 4.72 Å². The largest absolute Gasteiger partial charge is 0.494 e. The van der Waals surface area contributed by atoms with Crippen molar-refractivity contribution >= 4 is 15.9 Å². The fraction of sp³-hybridized carbons (Fsp3) is 0.476. The summed E-state index contributed by atoms with van der Waals surface area (Å²) in [6.07, 6.45) is 0. The minimum atomic E-state index is -3.91. The molecule has 0 aliphatic carbocycles. The minimum absolute atomic E-state index is 0.0462. The molecule has 0 radical (unpaired) electrons. The van der Waals surface area contributed by atoms with Gasteiger partial charge in [0.25, 0.3) is 5.91 Å². The average molecular weight is 436 g/mol. The highest BCUT2D eigenvalue weighted by Crippen LogP contribution is 2.28. The van der Waals surface area contributed by atoms with Gasteiger partial charge in [0.15, 0.2) is 0 Å². The predicted molar refractivity (Wildman–Crippen MR) is 113 cm³/mol. The Labute approximate surface area is 177 Å². The number of carbonyl (C=O) groups is 1. The molecule has 1 aliphatic rings. The molecule has 0 atom stereocenters. The number of amides is 1. The van der Waals surface area contributed by atoms with E-state index in [4.69, 9.17) is 9.47 Å². The SMILES string of the molecule is CCOc1ccc(CNS(=O)(=O)c2c(C(=O)N3CCOCC3)c(C)n(C)c2C)cc1. The Bertz CT molecular complexity index is 1010. The Hall–Kier alpha value is -2.36. The second-order valence-electron chi connectivity index (χ2n) is 7.24. The molecule has 1 saturated heterocycles. The van der Waals surface area contributed by atoms with Gasteiger partial charge in [0.2, 0.25) is 10.0 Å². The smallest absolute Gasteiger partial charge is 0.257 e. The van der Waals surface area contributed by atoms with Crippen LogP contribution >= 0.6 is 0 Å². The number of nitrogens with zero attached hydrogens (tertiary/aromatic N) is 2. The van der Waals surface area contributed by atoms with E-state index in [1.807, 2.05) is 19.1 Å². The van der Waals surface area contributed by atoms with E-state index >= 15 is 0 Å². The predicted octanol–water partition coefficient (Wildman–Crippen LogP) is 1.99. The molecule has 1 amide bonds. The first-order valence-corrected chi connectivity index (χ1v) is 11.5. The van der Waals surface area contributed by atoms with Crippen LogP contribution < -0.4 is 9.46 Å². The summed E-state index contributed by atoms with van der Waals surface area (Å²) in [4.78, 5) is 14.9. The molecule has 2 aromatic rings. The molecule has 30 heavy (non-hydrogen) atoms. The van der Waals surface area contributed by atoms with Crippen molar-refractivity contribution in [3.63, 3.8) is 0 Å². The first-order chi connectivity index (χ1) is 14.3. The van der Waals surface area contributed by atoms with Crippen LogP contribution in [0.25, 0.3) is 0 Å². The van der Waals surface area contributed by atoms with Crippen LogP contribution in [-0.4, -0.2) is 56.7 Å². The van der Waals surface area contributed by atoms with Gasteiger partial charge in [-0.2, -0.15) is 0 Å². The van der Waals surface area contributed by atoms with E-state index < -0.39 is 10.0 Å². The van der Waals surface area contributed by atoms with Gasteiger partial charge in [-0.05, 0) is 38.5 Å². The molecule has 0 bridgehead atoms. The Kier molecular flexibility index (Phi) is 6.84. The van der Waals surface area contributed by atoms with Gasteiger partial charge >= 0.3 is 0 Å². The molecule has 9 heteroatoms. The molecule has 164 valence electrons. The third kappa shape index (κ3) is 4.53. The van der Waals surface area contributed by atoms with Crippen LogP contribution in [0.1, 0.15) is 34.2 Å². The Morgan fingerprint density at radius 3 is 2.37 bits per heavy atom. The molecular formula is C21H29N3O5S. The lowest BCUT2D eigenvalue weighted by molar-refractivity contribution is 0.0300. The third-order valence-electron chi connectivity index (χ3n) is 5.41. The number of benzene rings is 1. The molecule has 0 spiro atoms. The van der Waals surface area contributed by atoms with Crippen LogP contribution in [0.3, 0.4) is 0 Å². The van der Waals surface area contributed by atoms with Gasteiger partial charge < -0.3 is 18.9 Å². The zero-order chi connectivity index (χ0) is 21.9. The average Bonchev–Trinajstić information content (AvgIpc) is 2.98. The maximum Gasteiger partial charge on any atom is 0.257 e. The molecular weight excluding hydrogens is 406 g/mol. The number of nitrogens with one attached hydrogen (secondary N) is 1. The van der Waals surface area contributed by atoms with Crippen molar-refractivity contribution < 1.29 is 22.7 Å². The molecule has 0 saturated carbocycles. The summed E-state index contributed by atoms with van der Waals surface area (Å²) in [5.74, 6) is 0.456. The number of hydrogen-bond donors (Lipinski definition) is 1. The van der Waals surface area contributed by atoms with Gasteiger partial charge in [0, 0.05) is 38.1 Å². The van der Waals surface area contributed by atoms with E-state index in [0.717, 1.165) is 11.3 Å². The molecule has 3 rings (SSSR count). The van der Waals surface area contributed by atoms with Crippen LogP contribution in [0.15, 0.2) is 29.2 Å². The standard InChI is InChI=1S/C21H29N3O5S/c1-5-29-18-8-6-17(7-9-18)14-22-30(26,27)20-16(3)23(4)15(2)19(20)21(25)24-10-12-28-13-11-24/h6-9,22H,5,10-14H2,1-4H3. The van der Waals surface area contributed by atoms with Gasteiger partial charge in [0.05, 0.1) is 25.4 Å². The monoisotopic (exact) mass is 435 g/mol. The summed E-state index contributed by atoms with van der Waals surface area (Å²) in [5.41, 5.74) is 2.19. The quantitative estimate of drug-likeness (QED) is 0.718. The van der Waals surface area contributed by atoms with Crippen molar-refractivity contribution in [3.05, 3.63) is 46.8 Å². The second-order valence-corrected chi connectivity index (χ2v) is 8.94. The lowest BCUT2D eigenvalue weighted by Gasteiger charge is -2.27. The van der Waals surface area contributed by atoms with Gasteiger partial charge in [-0.3, -0.25) is 4.79 Å². The summed E-state index contributed by atoms with van der Waals surface area (Å²) in [6, 6.07) is 7.24. The normalized spacial score (nSPS) is 14.7. The summed E-state index contributed by atoms with van der Waals surface area (Å²) >= 11 is 0. The van der Waals surface area contributed by atoms with Crippen molar-refractivity contribution in [2.75, 3.05) is 32.9 Å². The lowest BCUT2D eigenvalue weighted by Crippen LogP contribution is -2.41. The van der Waals surface area contributed by atoms with Crippen LogP contribution in [0.2, 0.25) is 0 Å². The molecule has 1 N–H and O–H groups in total. The number of hydrogen-bond acceptors (Lipinski definition) is 5. The van der Waals surface area contributed by atoms with E-state index in [-0.39, 0.29) is 22.9 Å². The molecule has 1 aliphatic heterocycles. The first-order valence-electron chi connectivity index (χ1n) is 10.0. The third-order valence-corrected chi connectivity index (χ3v) is 6.97. The highest BCUT2D eigenvalue weighted by molar-refractivity contribution is 7.89. The molecule has 1 aromatic heterocycles. The topological polar surface area (TPSA) is 89.9 Å². The number of aromatic nitrogens is 1. The van der Waals surface area contributed by atoms with Gasteiger partial charge in [-0.1, -0.05) is 12.1 Å². The van der Waals surface area contributed by atoms with E-state index in [1.165, 1.54) is 0 Å². The van der Waals surface area contributed by atoms with Gasteiger partial charge in [-0.25, -0.2) is 13.1 Å². The number of morpholine rings is 1. The Morgan fingerprint density at radius 2 is 1.77 bits per heavy atom. The number of carbonyl (C=O) groups excluding carboxylic acids is 1. The fourth-order valence-electron chi connectivity index (χ4n) is 3.54. The van der Waals surface area contributed by atoms with Crippen molar-refractivity contribution in [1.29, 1.82) is 0 Å². The number of rotatable bonds is 7. The van der Waals surface area contributed by atoms with Crippen LogP contribution in [0.4, 0.5) is 0 Å². The lowest BCUT2D eigenvalue weighted by atomic mass is 10.2. The zero-order valence-electron chi connectivity index (χ0n) is 17.9. The van der Waals surface area contributed by atoms with Crippen molar-refractivity contribution in [1.82, 2.24) is 14.2 Å². The highest BCUT2D eigenvalue weighted by atomic mass is 32.2. The maximum atomic E-state index is 13.2. The van der Waals surface area contributed by atoms with Gasteiger partial charge in [-0.15, -0.1) is 0 Å². The van der Waals surface area contributed by atoms with E-state index in [0.29, 0.717) is 44.3 Å². The second kappa shape index (κ2) is 9.20. The Morgan fingerprint density at radius 1 is 1.13 bits per heavy atom.